The Hall–Kier alpha value is -0.420. The van der Waals surface area contributed by atoms with E-state index in [0.29, 0.717) is 6.61 Å². The van der Waals surface area contributed by atoms with Gasteiger partial charge in [-0.25, -0.2) is 9.78 Å². The third-order valence-electron chi connectivity index (χ3n) is 1.67. The Bertz CT molecular complexity index is 128. The van der Waals surface area contributed by atoms with Crippen molar-refractivity contribution in [3.05, 3.63) is 12.7 Å². The van der Waals surface area contributed by atoms with E-state index >= 15 is 0 Å². The third kappa shape index (κ3) is 19.2. The van der Waals surface area contributed by atoms with E-state index in [-0.39, 0.29) is 13.2 Å². The van der Waals surface area contributed by atoms with Crippen molar-refractivity contribution in [3.63, 3.8) is 0 Å². The maximum atomic E-state index is 8.81. The topological polar surface area (TPSA) is 58.9 Å². The van der Waals surface area contributed by atoms with E-state index < -0.39 is 6.10 Å². The van der Waals surface area contributed by atoms with Gasteiger partial charge in [-0.2, -0.15) is 0 Å². The molecule has 0 amide bonds. The molecule has 16 heavy (non-hydrogen) atoms. The van der Waals surface area contributed by atoms with Gasteiger partial charge in [0.25, 0.3) is 0 Å². The number of aliphatic hydroxyl groups is 2. The summed E-state index contributed by atoms with van der Waals surface area (Å²) in [5.41, 5.74) is 0. The predicted octanol–water partition coefficient (Wildman–Crippen LogP) is 2.06. The van der Waals surface area contributed by atoms with Crippen molar-refractivity contribution in [2.45, 2.75) is 45.6 Å². The van der Waals surface area contributed by atoms with Crippen LogP contribution in [0.2, 0.25) is 0 Å². The molecule has 0 aromatic carbocycles. The highest BCUT2D eigenvalue weighted by atomic mass is 17.2. The van der Waals surface area contributed by atoms with Gasteiger partial charge < -0.3 is 10.2 Å². The molecule has 98 valence electrons. The molecule has 4 nitrogen and oxygen atoms in total. The van der Waals surface area contributed by atoms with E-state index in [1.54, 1.807) is 0 Å². The lowest BCUT2D eigenvalue weighted by atomic mass is 10.3. The van der Waals surface area contributed by atoms with Crippen LogP contribution in [-0.4, -0.2) is 36.1 Å². The fourth-order valence-corrected chi connectivity index (χ4v) is 0.649. The first-order valence-corrected chi connectivity index (χ1v) is 5.87. The summed E-state index contributed by atoms with van der Waals surface area (Å²) in [4.78, 5) is 9.36. The van der Waals surface area contributed by atoms with Gasteiger partial charge in [0, 0.05) is 0 Å². The molecule has 1 unspecified atom stereocenters. The van der Waals surface area contributed by atoms with Crippen LogP contribution in [0.3, 0.4) is 0 Å². The predicted molar refractivity (Wildman–Crippen MR) is 65.0 cm³/mol. The average molecular weight is 234 g/mol. The van der Waals surface area contributed by atoms with Gasteiger partial charge in [-0.3, -0.25) is 0 Å². The Labute approximate surface area is 98.8 Å². The molecule has 0 saturated carbocycles. The van der Waals surface area contributed by atoms with Crippen molar-refractivity contribution in [2.24, 2.45) is 0 Å². The summed E-state index contributed by atoms with van der Waals surface area (Å²) < 4.78 is 0. The Morgan fingerprint density at radius 2 is 1.88 bits per heavy atom. The second kappa shape index (κ2) is 17.0. The van der Waals surface area contributed by atoms with Crippen molar-refractivity contribution in [2.75, 3.05) is 19.8 Å². The minimum atomic E-state index is -0.837. The molecule has 0 aliphatic heterocycles. The first-order chi connectivity index (χ1) is 7.72. The Morgan fingerprint density at radius 3 is 2.31 bits per heavy atom. The standard InChI is InChI=1S/C8H18O4.C4H8/c1-2-3-4-5-11-12-7-8(10)6-9;1-3-4-2/h8-10H,2-7H2,1H3;3H,1,4H2,2H3. The van der Waals surface area contributed by atoms with E-state index in [9.17, 15) is 0 Å². The van der Waals surface area contributed by atoms with Gasteiger partial charge in [0.05, 0.1) is 13.2 Å². The van der Waals surface area contributed by atoms with Gasteiger partial charge >= 0.3 is 0 Å². The molecule has 0 radical (unpaired) electrons. The molecule has 0 aromatic heterocycles. The second-order valence-corrected chi connectivity index (χ2v) is 3.35. The SMILES string of the molecule is C=CCC.CCCCCOOCC(O)CO. The van der Waals surface area contributed by atoms with Crippen LogP contribution >= 0.6 is 0 Å². The Morgan fingerprint density at radius 1 is 1.25 bits per heavy atom. The summed E-state index contributed by atoms with van der Waals surface area (Å²) in [5, 5.41) is 17.2. The highest BCUT2D eigenvalue weighted by Crippen LogP contribution is 1.94. The second-order valence-electron chi connectivity index (χ2n) is 3.35. The highest BCUT2D eigenvalue weighted by Gasteiger charge is 2.01. The number of aliphatic hydroxyl groups excluding tert-OH is 2. The average Bonchev–Trinajstić information content (AvgIpc) is 2.33. The molecule has 4 heteroatoms. The van der Waals surface area contributed by atoms with Crippen LogP contribution in [0.15, 0.2) is 12.7 Å². The lowest BCUT2D eigenvalue weighted by molar-refractivity contribution is -0.306. The molecule has 0 heterocycles. The molecule has 0 aliphatic rings. The molecule has 0 aliphatic carbocycles. The highest BCUT2D eigenvalue weighted by molar-refractivity contribution is 4.60. The van der Waals surface area contributed by atoms with E-state index in [2.05, 4.69) is 25.3 Å². The zero-order valence-electron chi connectivity index (χ0n) is 10.5. The van der Waals surface area contributed by atoms with E-state index in [0.717, 1.165) is 25.7 Å². The maximum Gasteiger partial charge on any atom is 0.110 e. The Kier molecular flexibility index (Phi) is 19.1. The van der Waals surface area contributed by atoms with E-state index in [4.69, 9.17) is 15.1 Å². The quantitative estimate of drug-likeness (QED) is 0.277. The monoisotopic (exact) mass is 234 g/mol. The number of unbranched alkanes of at least 4 members (excludes halogenated alkanes) is 2. The molecular weight excluding hydrogens is 208 g/mol. The van der Waals surface area contributed by atoms with Gasteiger partial charge in [-0.15, -0.1) is 6.58 Å². The van der Waals surface area contributed by atoms with Gasteiger partial charge in [0.1, 0.15) is 12.7 Å². The first-order valence-electron chi connectivity index (χ1n) is 5.87. The van der Waals surface area contributed by atoms with Crippen molar-refractivity contribution < 1.29 is 20.0 Å². The minimum absolute atomic E-state index is 0.0304. The third-order valence-corrected chi connectivity index (χ3v) is 1.67. The van der Waals surface area contributed by atoms with Crippen LogP contribution in [-0.2, 0) is 9.78 Å². The zero-order valence-corrected chi connectivity index (χ0v) is 10.5. The number of allylic oxidation sites excluding steroid dienone is 1. The minimum Gasteiger partial charge on any atom is -0.394 e. The lowest BCUT2D eigenvalue weighted by Crippen LogP contribution is -2.19. The zero-order chi connectivity index (χ0) is 12.6. The van der Waals surface area contributed by atoms with Crippen molar-refractivity contribution in [1.82, 2.24) is 0 Å². The smallest absolute Gasteiger partial charge is 0.110 e. The lowest BCUT2D eigenvalue weighted by Gasteiger charge is -2.06. The number of hydrogen-bond acceptors (Lipinski definition) is 4. The largest absolute Gasteiger partial charge is 0.394 e. The molecule has 0 bridgehead atoms. The molecule has 0 fully saturated rings. The summed E-state index contributed by atoms with van der Waals surface area (Å²) in [6.45, 7) is 7.93. The van der Waals surface area contributed by atoms with Crippen LogP contribution in [0.1, 0.15) is 39.5 Å². The maximum absolute atomic E-state index is 8.81. The number of rotatable bonds is 9. The van der Waals surface area contributed by atoms with Crippen LogP contribution < -0.4 is 0 Å². The molecule has 1 atom stereocenters. The normalized spacial score (nSPS) is 11.5. The van der Waals surface area contributed by atoms with Crippen LogP contribution in [0.5, 0.6) is 0 Å². The summed E-state index contributed by atoms with van der Waals surface area (Å²) in [6, 6.07) is 0. The molecule has 0 rings (SSSR count). The van der Waals surface area contributed by atoms with Crippen molar-refractivity contribution in [1.29, 1.82) is 0 Å². The summed E-state index contributed by atoms with van der Waals surface area (Å²) in [6.07, 6.45) is 5.34. The Balaban J connectivity index is 0. The molecule has 0 aromatic rings. The summed E-state index contributed by atoms with van der Waals surface area (Å²) >= 11 is 0. The summed E-state index contributed by atoms with van der Waals surface area (Å²) in [7, 11) is 0. The van der Waals surface area contributed by atoms with Gasteiger partial charge in [0.2, 0.25) is 0 Å². The van der Waals surface area contributed by atoms with E-state index in [1.165, 1.54) is 0 Å². The molecule has 0 saturated heterocycles. The summed E-state index contributed by atoms with van der Waals surface area (Å²) in [5.74, 6) is 0. The molecule has 2 N–H and O–H groups in total. The van der Waals surface area contributed by atoms with Crippen LogP contribution in [0, 0.1) is 0 Å². The van der Waals surface area contributed by atoms with Crippen LogP contribution in [0.4, 0.5) is 0 Å². The van der Waals surface area contributed by atoms with Crippen molar-refractivity contribution in [3.8, 4) is 0 Å². The van der Waals surface area contributed by atoms with Crippen LogP contribution in [0.25, 0.3) is 0 Å². The van der Waals surface area contributed by atoms with E-state index in [1.807, 2.05) is 6.08 Å². The van der Waals surface area contributed by atoms with Gasteiger partial charge in [0.15, 0.2) is 0 Å². The number of hydrogen-bond donors (Lipinski definition) is 2. The fraction of sp³-hybridized carbons (Fsp3) is 0.833. The molecular formula is C12H26O4. The van der Waals surface area contributed by atoms with Crippen molar-refractivity contribution >= 4 is 0 Å². The fourth-order valence-electron chi connectivity index (χ4n) is 0.649. The van der Waals surface area contributed by atoms with Gasteiger partial charge in [-0.1, -0.05) is 32.8 Å². The molecule has 0 spiro atoms. The van der Waals surface area contributed by atoms with Gasteiger partial charge in [-0.05, 0) is 12.8 Å². The first kappa shape index (κ1) is 18.0.